The predicted molar refractivity (Wildman–Crippen MR) is 114 cm³/mol. The lowest BCUT2D eigenvalue weighted by Gasteiger charge is -2.24. The van der Waals surface area contributed by atoms with Crippen molar-refractivity contribution >= 4 is 10.9 Å². The fourth-order valence-electron chi connectivity index (χ4n) is 4.49. The van der Waals surface area contributed by atoms with Crippen molar-refractivity contribution in [3.05, 3.63) is 51.6 Å². The summed E-state index contributed by atoms with van der Waals surface area (Å²) in [5.74, 6) is 0.864. The second kappa shape index (κ2) is 9.49. The van der Waals surface area contributed by atoms with E-state index in [4.69, 9.17) is 0 Å². The minimum absolute atomic E-state index is 0.0542. The SMILES string of the molecule is Cc1ccc2cc(C[NH+](CCCO)Cc3nnnn3C3CCCCC3)c(=O)[nH]c2c1. The van der Waals surface area contributed by atoms with Crippen molar-refractivity contribution in [1.29, 1.82) is 0 Å². The van der Waals surface area contributed by atoms with Gasteiger partial charge in [0, 0.05) is 18.5 Å². The molecule has 1 aromatic carbocycles. The van der Waals surface area contributed by atoms with Gasteiger partial charge in [0.15, 0.2) is 0 Å². The summed E-state index contributed by atoms with van der Waals surface area (Å²) in [4.78, 5) is 16.9. The second-order valence-electron chi connectivity index (χ2n) is 8.48. The van der Waals surface area contributed by atoms with Crippen LogP contribution in [0.3, 0.4) is 0 Å². The molecule has 8 heteroatoms. The number of quaternary nitrogens is 1. The smallest absolute Gasteiger partial charge is 0.257 e. The summed E-state index contributed by atoms with van der Waals surface area (Å²) in [5.41, 5.74) is 2.68. The van der Waals surface area contributed by atoms with Crippen LogP contribution in [0.15, 0.2) is 29.1 Å². The molecule has 0 amide bonds. The molecule has 0 bridgehead atoms. The molecule has 3 aromatic rings. The first-order valence-corrected chi connectivity index (χ1v) is 11.0. The molecule has 4 rings (SSSR count). The molecule has 1 fully saturated rings. The van der Waals surface area contributed by atoms with E-state index in [1.807, 2.05) is 29.8 Å². The summed E-state index contributed by atoms with van der Waals surface area (Å²) in [6.45, 7) is 4.10. The number of H-pyrrole nitrogens is 1. The van der Waals surface area contributed by atoms with E-state index in [-0.39, 0.29) is 12.2 Å². The van der Waals surface area contributed by atoms with E-state index in [2.05, 4.69) is 26.6 Å². The summed E-state index contributed by atoms with van der Waals surface area (Å²) in [6, 6.07) is 8.45. The maximum absolute atomic E-state index is 12.7. The van der Waals surface area contributed by atoms with Gasteiger partial charge < -0.3 is 15.0 Å². The van der Waals surface area contributed by atoms with E-state index < -0.39 is 0 Å². The zero-order chi connectivity index (χ0) is 20.9. The fraction of sp³-hybridized carbons (Fsp3) is 0.545. The van der Waals surface area contributed by atoms with E-state index in [1.165, 1.54) is 24.2 Å². The van der Waals surface area contributed by atoms with Crippen LogP contribution >= 0.6 is 0 Å². The Hall–Kier alpha value is -2.58. The van der Waals surface area contributed by atoms with Crippen LogP contribution in [0, 0.1) is 6.92 Å². The van der Waals surface area contributed by atoms with Crippen molar-refractivity contribution in [2.24, 2.45) is 0 Å². The van der Waals surface area contributed by atoms with Crippen molar-refractivity contribution in [3.63, 3.8) is 0 Å². The largest absolute Gasteiger partial charge is 0.396 e. The molecule has 0 radical (unpaired) electrons. The van der Waals surface area contributed by atoms with Gasteiger partial charge in [0.2, 0.25) is 5.82 Å². The van der Waals surface area contributed by atoms with Crippen LogP contribution in [0.2, 0.25) is 0 Å². The quantitative estimate of drug-likeness (QED) is 0.519. The van der Waals surface area contributed by atoms with Gasteiger partial charge in [-0.2, -0.15) is 0 Å². The molecule has 1 saturated carbocycles. The Kier molecular flexibility index (Phi) is 6.54. The van der Waals surface area contributed by atoms with Crippen molar-refractivity contribution in [1.82, 2.24) is 25.2 Å². The summed E-state index contributed by atoms with van der Waals surface area (Å²) in [5, 5.41) is 22.9. The number of aryl methyl sites for hydroxylation is 1. The van der Waals surface area contributed by atoms with Crippen LogP contribution in [0.5, 0.6) is 0 Å². The number of rotatable bonds is 8. The van der Waals surface area contributed by atoms with Gasteiger partial charge in [0.25, 0.3) is 5.56 Å². The minimum Gasteiger partial charge on any atom is -0.396 e. The number of hydrogen-bond donors (Lipinski definition) is 3. The van der Waals surface area contributed by atoms with Gasteiger partial charge in [0.1, 0.15) is 13.1 Å². The standard InChI is InChI=1S/C22H30N6O2/c1-16-8-9-17-13-18(22(30)23-20(17)12-16)14-27(10-5-11-29)15-21-24-25-26-28(21)19-6-3-2-4-7-19/h8-9,12-13,19,29H,2-7,10-11,14-15H2,1H3,(H,23,30)/p+1. The normalized spacial score (nSPS) is 16.2. The Balaban J connectivity index is 1.56. The van der Waals surface area contributed by atoms with Gasteiger partial charge in [-0.25, -0.2) is 4.68 Å². The number of hydrogen-bond acceptors (Lipinski definition) is 5. The lowest BCUT2D eigenvalue weighted by atomic mass is 9.95. The number of aliphatic hydroxyl groups excluding tert-OH is 1. The Bertz CT molecular complexity index is 1040. The second-order valence-corrected chi connectivity index (χ2v) is 8.48. The number of aliphatic hydroxyl groups is 1. The maximum Gasteiger partial charge on any atom is 0.257 e. The van der Waals surface area contributed by atoms with E-state index in [0.717, 1.165) is 47.2 Å². The molecule has 0 saturated heterocycles. The van der Waals surface area contributed by atoms with Gasteiger partial charge in [-0.3, -0.25) is 4.79 Å². The number of aromatic nitrogens is 5. The maximum atomic E-state index is 12.7. The molecular formula is C22H31N6O2+. The number of pyridine rings is 1. The first kappa shape index (κ1) is 20.7. The molecule has 3 N–H and O–H groups in total. The summed E-state index contributed by atoms with van der Waals surface area (Å²) in [6.07, 6.45) is 6.63. The number of nitrogens with zero attached hydrogens (tertiary/aromatic N) is 4. The zero-order valence-electron chi connectivity index (χ0n) is 17.6. The van der Waals surface area contributed by atoms with Crippen LogP contribution in [-0.2, 0) is 13.1 Å². The lowest BCUT2D eigenvalue weighted by molar-refractivity contribution is -0.928. The summed E-state index contributed by atoms with van der Waals surface area (Å²) < 4.78 is 1.99. The molecule has 1 unspecified atom stereocenters. The van der Waals surface area contributed by atoms with E-state index in [1.54, 1.807) is 0 Å². The van der Waals surface area contributed by atoms with Gasteiger partial charge in [0.05, 0.1) is 18.2 Å². The average molecular weight is 412 g/mol. The van der Waals surface area contributed by atoms with Crippen LogP contribution in [0.4, 0.5) is 0 Å². The molecule has 1 atom stereocenters. The van der Waals surface area contributed by atoms with Crippen LogP contribution in [0.25, 0.3) is 10.9 Å². The van der Waals surface area contributed by atoms with Gasteiger partial charge >= 0.3 is 0 Å². The van der Waals surface area contributed by atoms with Gasteiger partial charge in [-0.15, -0.1) is 5.10 Å². The number of fused-ring (bicyclic) bond motifs is 1. The lowest BCUT2D eigenvalue weighted by Crippen LogP contribution is -3.09. The number of benzene rings is 1. The first-order valence-electron chi connectivity index (χ1n) is 11.0. The highest BCUT2D eigenvalue weighted by atomic mass is 16.3. The zero-order valence-corrected chi connectivity index (χ0v) is 17.6. The molecule has 1 aliphatic rings. The molecule has 2 aromatic heterocycles. The Morgan fingerprint density at radius 2 is 2.03 bits per heavy atom. The van der Waals surface area contributed by atoms with E-state index in [9.17, 15) is 9.90 Å². The third kappa shape index (κ3) is 4.76. The van der Waals surface area contributed by atoms with Crippen LogP contribution in [0.1, 0.15) is 61.5 Å². The number of tetrazole rings is 1. The fourth-order valence-corrected chi connectivity index (χ4v) is 4.49. The van der Waals surface area contributed by atoms with Crippen molar-refractivity contribution in [2.75, 3.05) is 13.2 Å². The van der Waals surface area contributed by atoms with E-state index in [0.29, 0.717) is 25.6 Å². The van der Waals surface area contributed by atoms with Crippen molar-refractivity contribution in [3.8, 4) is 0 Å². The highest BCUT2D eigenvalue weighted by molar-refractivity contribution is 5.79. The summed E-state index contributed by atoms with van der Waals surface area (Å²) >= 11 is 0. The highest BCUT2D eigenvalue weighted by Crippen LogP contribution is 2.27. The third-order valence-electron chi connectivity index (χ3n) is 6.10. The average Bonchev–Trinajstić information content (AvgIpc) is 3.21. The third-order valence-corrected chi connectivity index (χ3v) is 6.10. The molecule has 0 aliphatic heterocycles. The van der Waals surface area contributed by atoms with Gasteiger partial charge in [-0.1, -0.05) is 31.4 Å². The molecular weight excluding hydrogens is 380 g/mol. The molecule has 1 aliphatic carbocycles. The van der Waals surface area contributed by atoms with Crippen LogP contribution < -0.4 is 10.5 Å². The first-order chi connectivity index (χ1) is 14.6. The Morgan fingerprint density at radius 3 is 2.83 bits per heavy atom. The topological polar surface area (TPSA) is 101 Å². The highest BCUT2D eigenvalue weighted by Gasteiger charge is 2.23. The Morgan fingerprint density at radius 1 is 1.20 bits per heavy atom. The number of aromatic amines is 1. The summed E-state index contributed by atoms with van der Waals surface area (Å²) in [7, 11) is 0. The van der Waals surface area contributed by atoms with Crippen molar-refractivity contribution in [2.45, 2.75) is 64.6 Å². The number of nitrogens with one attached hydrogen (secondary N) is 2. The minimum atomic E-state index is -0.0542. The molecule has 0 spiro atoms. The van der Waals surface area contributed by atoms with Crippen LogP contribution in [-0.4, -0.2) is 43.4 Å². The predicted octanol–water partition coefficient (Wildman–Crippen LogP) is 1.30. The van der Waals surface area contributed by atoms with Crippen molar-refractivity contribution < 1.29 is 10.0 Å². The Labute approximate surface area is 175 Å². The molecule has 2 heterocycles. The monoisotopic (exact) mass is 411 g/mol. The molecule has 30 heavy (non-hydrogen) atoms. The molecule has 160 valence electrons. The van der Waals surface area contributed by atoms with E-state index >= 15 is 0 Å². The van der Waals surface area contributed by atoms with Gasteiger partial charge in [-0.05, 0) is 53.3 Å². The molecule has 8 nitrogen and oxygen atoms in total.